The number of hydrogen-bond acceptors (Lipinski definition) is 5. The monoisotopic (exact) mass is 557 g/mol. The van der Waals surface area contributed by atoms with Gasteiger partial charge in [0.2, 0.25) is 11.8 Å². The summed E-state index contributed by atoms with van der Waals surface area (Å²) in [7, 11) is -2.57. The van der Waals surface area contributed by atoms with Crippen molar-refractivity contribution in [2.75, 3.05) is 24.5 Å². The molecule has 3 rings (SSSR count). The minimum atomic E-state index is -4.12. The van der Waals surface area contributed by atoms with Crippen LogP contribution in [0.25, 0.3) is 0 Å². The van der Waals surface area contributed by atoms with Gasteiger partial charge in [-0.2, -0.15) is 0 Å². The number of nitrogens with one attached hydrogen (secondary N) is 1. The van der Waals surface area contributed by atoms with Crippen molar-refractivity contribution in [3.05, 3.63) is 89.4 Å². The van der Waals surface area contributed by atoms with Gasteiger partial charge in [0.1, 0.15) is 18.3 Å². The SMILES string of the molecule is CCCNC(=O)C(C)N(Cc1cccc(OC)c1)C(=O)CN(c1ccc(Cl)cc1)S(=O)(=O)c1ccccc1. The Morgan fingerprint density at radius 1 is 1.00 bits per heavy atom. The lowest BCUT2D eigenvalue weighted by atomic mass is 10.1. The molecule has 3 aromatic rings. The molecule has 0 fully saturated rings. The first-order valence-electron chi connectivity index (χ1n) is 12.2. The number of rotatable bonds is 12. The van der Waals surface area contributed by atoms with Crippen molar-refractivity contribution in [3.8, 4) is 5.75 Å². The van der Waals surface area contributed by atoms with E-state index in [4.69, 9.17) is 16.3 Å². The molecule has 38 heavy (non-hydrogen) atoms. The van der Waals surface area contributed by atoms with Gasteiger partial charge >= 0.3 is 0 Å². The first kappa shape index (κ1) is 29.0. The molecule has 0 aliphatic rings. The third kappa shape index (κ3) is 7.26. The van der Waals surface area contributed by atoms with E-state index in [9.17, 15) is 18.0 Å². The summed E-state index contributed by atoms with van der Waals surface area (Å²) >= 11 is 6.04. The Labute approximate surface area is 229 Å². The molecule has 0 aliphatic carbocycles. The number of hydrogen-bond donors (Lipinski definition) is 1. The van der Waals surface area contributed by atoms with Crippen molar-refractivity contribution in [3.63, 3.8) is 0 Å². The zero-order valence-corrected chi connectivity index (χ0v) is 23.2. The summed E-state index contributed by atoms with van der Waals surface area (Å²) in [5, 5.41) is 3.25. The normalized spacial score (nSPS) is 11.9. The Balaban J connectivity index is 2.00. The van der Waals surface area contributed by atoms with Gasteiger partial charge in [0.15, 0.2) is 0 Å². The second-order valence-electron chi connectivity index (χ2n) is 8.64. The summed E-state index contributed by atoms with van der Waals surface area (Å²) in [6.45, 7) is 3.58. The van der Waals surface area contributed by atoms with E-state index >= 15 is 0 Å². The molecule has 0 bridgehead atoms. The molecule has 3 aromatic carbocycles. The van der Waals surface area contributed by atoms with Crippen molar-refractivity contribution < 1.29 is 22.7 Å². The van der Waals surface area contributed by atoms with Gasteiger partial charge in [0.05, 0.1) is 17.7 Å². The van der Waals surface area contributed by atoms with Crippen molar-refractivity contribution in [1.82, 2.24) is 10.2 Å². The molecule has 0 saturated carbocycles. The minimum Gasteiger partial charge on any atom is -0.497 e. The molecule has 8 nitrogen and oxygen atoms in total. The highest BCUT2D eigenvalue weighted by atomic mass is 35.5. The van der Waals surface area contributed by atoms with Gasteiger partial charge in [-0.05, 0) is 67.4 Å². The van der Waals surface area contributed by atoms with Gasteiger partial charge in [0, 0.05) is 18.1 Å². The van der Waals surface area contributed by atoms with E-state index in [2.05, 4.69) is 5.32 Å². The Hall–Kier alpha value is -3.56. The lowest BCUT2D eigenvalue weighted by Crippen LogP contribution is -2.51. The van der Waals surface area contributed by atoms with Crippen molar-refractivity contribution >= 4 is 39.1 Å². The summed E-state index contributed by atoms with van der Waals surface area (Å²) in [6, 6.07) is 20.4. The van der Waals surface area contributed by atoms with Gasteiger partial charge in [0.25, 0.3) is 10.0 Å². The number of anilines is 1. The van der Waals surface area contributed by atoms with Crippen molar-refractivity contribution in [2.45, 2.75) is 37.8 Å². The Bertz CT molecular complexity index is 1330. The van der Waals surface area contributed by atoms with E-state index in [-0.39, 0.29) is 23.0 Å². The molecule has 0 radical (unpaired) electrons. The summed E-state index contributed by atoms with van der Waals surface area (Å²) in [5.41, 5.74) is 1.01. The van der Waals surface area contributed by atoms with E-state index in [1.165, 1.54) is 17.0 Å². The van der Waals surface area contributed by atoms with Crippen LogP contribution in [0.3, 0.4) is 0 Å². The predicted octanol–water partition coefficient (Wildman–Crippen LogP) is 4.49. The molecule has 10 heteroatoms. The number of sulfonamides is 1. The molecule has 0 saturated heterocycles. The summed E-state index contributed by atoms with van der Waals surface area (Å²) in [5.74, 6) is -0.263. The maximum Gasteiger partial charge on any atom is 0.264 e. The van der Waals surface area contributed by atoms with Crippen LogP contribution in [-0.4, -0.2) is 51.4 Å². The number of benzene rings is 3. The maximum absolute atomic E-state index is 13.8. The quantitative estimate of drug-likeness (QED) is 0.354. The van der Waals surface area contributed by atoms with Gasteiger partial charge in [-0.1, -0.05) is 48.9 Å². The summed E-state index contributed by atoms with van der Waals surface area (Å²) < 4.78 is 33.7. The first-order chi connectivity index (χ1) is 18.2. The van der Waals surface area contributed by atoms with Crippen LogP contribution in [0.1, 0.15) is 25.8 Å². The zero-order chi connectivity index (χ0) is 27.7. The first-order valence-corrected chi connectivity index (χ1v) is 14.0. The van der Waals surface area contributed by atoms with Crippen LogP contribution in [0.15, 0.2) is 83.8 Å². The smallest absolute Gasteiger partial charge is 0.264 e. The third-order valence-electron chi connectivity index (χ3n) is 5.93. The van der Waals surface area contributed by atoms with Crippen LogP contribution >= 0.6 is 11.6 Å². The molecular weight excluding hydrogens is 526 g/mol. The fraction of sp³-hybridized carbons (Fsp3) is 0.286. The lowest BCUT2D eigenvalue weighted by Gasteiger charge is -2.32. The highest BCUT2D eigenvalue weighted by Crippen LogP contribution is 2.26. The van der Waals surface area contributed by atoms with Gasteiger partial charge < -0.3 is 15.0 Å². The van der Waals surface area contributed by atoms with Gasteiger partial charge in [-0.25, -0.2) is 8.42 Å². The number of amides is 2. The van der Waals surface area contributed by atoms with E-state index in [0.717, 1.165) is 16.3 Å². The third-order valence-corrected chi connectivity index (χ3v) is 7.97. The van der Waals surface area contributed by atoms with Crippen molar-refractivity contribution in [2.24, 2.45) is 0 Å². The largest absolute Gasteiger partial charge is 0.497 e. The van der Waals surface area contributed by atoms with Crippen LogP contribution in [0, 0.1) is 0 Å². The number of halogens is 1. The predicted molar refractivity (Wildman–Crippen MR) is 149 cm³/mol. The van der Waals surface area contributed by atoms with Crippen LogP contribution in [0.5, 0.6) is 5.75 Å². The number of carbonyl (C=O) groups excluding carboxylic acids is 2. The molecule has 1 N–H and O–H groups in total. The van der Waals surface area contributed by atoms with Crippen LogP contribution in [0.4, 0.5) is 5.69 Å². The molecule has 2 amide bonds. The molecular formula is C28H32ClN3O5S. The molecule has 1 atom stereocenters. The van der Waals surface area contributed by atoms with Gasteiger partial charge in [-0.15, -0.1) is 0 Å². The van der Waals surface area contributed by atoms with Crippen LogP contribution in [0.2, 0.25) is 5.02 Å². The molecule has 0 aliphatic heterocycles. The van der Waals surface area contributed by atoms with Crippen LogP contribution in [-0.2, 0) is 26.2 Å². The van der Waals surface area contributed by atoms with E-state index in [0.29, 0.717) is 17.3 Å². The molecule has 0 spiro atoms. The summed E-state index contributed by atoms with van der Waals surface area (Å²) in [4.78, 5) is 28.1. The number of methoxy groups -OCH3 is 1. The van der Waals surface area contributed by atoms with Crippen LogP contribution < -0.4 is 14.4 Å². The second kappa shape index (κ2) is 13.3. The molecule has 0 aromatic heterocycles. The van der Waals surface area contributed by atoms with Crippen molar-refractivity contribution in [1.29, 1.82) is 0 Å². The average molecular weight is 558 g/mol. The molecule has 0 heterocycles. The standard InChI is InChI=1S/C28H32ClN3O5S/c1-4-17-30-28(34)21(2)31(19-22-9-8-10-25(18-22)37-3)27(33)20-32(24-15-13-23(29)14-16-24)38(35,36)26-11-6-5-7-12-26/h5-16,18,21H,4,17,19-20H2,1-3H3,(H,30,34). The number of carbonyl (C=O) groups is 2. The lowest BCUT2D eigenvalue weighted by molar-refractivity contribution is -0.139. The second-order valence-corrected chi connectivity index (χ2v) is 10.9. The average Bonchev–Trinajstić information content (AvgIpc) is 2.93. The minimum absolute atomic E-state index is 0.0378. The maximum atomic E-state index is 13.8. The molecule has 1 unspecified atom stereocenters. The molecule has 202 valence electrons. The van der Waals surface area contributed by atoms with Gasteiger partial charge in [-0.3, -0.25) is 13.9 Å². The number of nitrogens with zero attached hydrogens (tertiary/aromatic N) is 2. The Morgan fingerprint density at radius 3 is 2.32 bits per heavy atom. The van der Waals surface area contributed by atoms with E-state index in [1.807, 2.05) is 13.0 Å². The highest BCUT2D eigenvalue weighted by molar-refractivity contribution is 7.92. The van der Waals surface area contributed by atoms with E-state index in [1.54, 1.807) is 74.7 Å². The number of ether oxygens (including phenoxy) is 1. The topological polar surface area (TPSA) is 96.0 Å². The Morgan fingerprint density at radius 2 is 1.68 bits per heavy atom. The fourth-order valence-corrected chi connectivity index (χ4v) is 5.36. The Kier molecular flexibility index (Phi) is 10.2. The van der Waals surface area contributed by atoms with E-state index < -0.39 is 28.5 Å². The summed E-state index contributed by atoms with van der Waals surface area (Å²) in [6.07, 6.45) is 0.738. The zero-order valence-electron chi connectivity index (χ0n) is 21.6. The fourth-order valence-electron chi connectivity index (χ4n) is 3.80. The highest BCUT2D eigenvalue weighted by Gasteiger charge is 2.32.